The van der Waals surface area contributed by atoms with Gasteiger partial charge in [-0.2, -0.15) is 0 Å². The Bertz CT molecular complexity index is 1220. The highest BCUT2D eigenvalue weighted by Crippen LogP contribution is 2.16. The van der Waals surface area contributed by atoms with Crippen LogP contribution in [0.4, 0.5) is 21.9 Å². The van der Waals surface area contributed by atoms with Gasteiger partial charge in [-0.05, 0) is 54.4 Å². The molecule has 0 atom stereocenters. The van der Waals surface area contributed by atoms with Crippen molar-refractivity contribution in [3.63, 3.8) is 0 Å². The minimum absolute atomic E-state index is 0.106. The van der Waals surface area contributed by atoms with Gasteiger partial charge < -0.3 is 26.0 Å². The lowest BCUT2D eigenvalue weighted by molar-refractivity contribution is -0.139. The normalized spacial score (nSPS) is 10.1. The average Bonchev–Trinajstić information content (AvgIpc) is 2.85. The monoisotopic (exact) mass is 474 g/mol. The van der Waals surface area contributed by atoms with Crippen LogP contribution in [0.1, 0.15) is 21.5 Å². The van der Waals surface area contributed by atoms with E-state index in [4.69, 9.17) is 0 Å². The predicted octanol–water partition coefficient (Wildman–Crippen LogP) is 3.72. The molecule has 0 aliphatic carbocycles. The van der Waals surface area contributed by atoms with Gasteiger partial charge >= 0.3 is 12.0 Å². The van der Waals surface area contributed by atoms with E-state index in [2.05, 4.69) is 26.0 Å². The van der Waals surface area contributed by atoms with Gasteiger partial charge in [0.15, 0.2) is 0 Å². The van der Waals surface area contributed by atoms with Gasteiger partial charge in [0.25, 0.3) is 5.91 Å². The van der Waals surface area contributed by atoms with E-state index in [1.54, 1.807) is 42.5 Å². The zero-order valence-corrected chi connectivity index (χ0v) is 19.4. The number of nitrogens with one attached hydrogen (secondary N) is 4. The fourth-order valence-corrected chi connectivity index (χ4v) is 3.16. The molecule has 4 N–H and O–H groups in total. The van der Waals surface area contributed by atoms with Crippen molar-refractivity contribution in [2.45, 2.75) is 13.3 Å². The second kappa shape index (κ2) is 12.0. The van der Waals surface area contributed by atoms with E-state index in [0.717, 1.165) is 16.8 Å². The summed E-state index contributed by atoms with van der Waals surface area (Å²) in [5.74, 6) is -1.29. The van der Waals surface area contributed by atoms with Crippen LogP contribution in [0.2, 0.25) is 0 Å². The smallest absolute Gasteiger partial charge is 0.325 e. The zero-order chi connectivity index (χ0) is 25.2. The summed E-state index contributed by atoms with van der Waals surface area (Å²) >= 11 is 0. The van der Waals surface area contributed by atoms with Gasteiger partial charge in [0.2, 0.25) is 5.91 Å². The molecule has 9 nitrogen and oxygen atoms in total. The van der Waals surface area contributed by atoms with Crippen molar-refractivity contribution in [2.75, 3.05) is 29.6 Å². The molecule has 0 spiro atoms. The number of hydrogen-bond donors (Lipinski definition) is 4. The SMILES string of the molecule is COC(=O)CNC(=O)c1cccc(NC(=O)Cc2ccc(NC(=O)Nc3ccccc3C)cc2)c1. The van der Waals surface area contributed by atoms with Crippen LogP contribution < -0.4 is 21.3 Å². The van der Waals surface area contributed by atoms with Crippen LogP contribution in [-0.4, -0.2) is 37.5 Å². The second-order valence-electron chi connectivity index (χ2n) is 7.66. The molecule has 3 aromatic carbocycles. The maximum atomic E-state index is 12.5. The van der Waals surface area contributed by atoms with Crippen molar-refractivity contribution < 1.29 is 23.9 Å². The average molecular weight is 475 g/mol. The van der Waals surface area contributed by atoms with E-state index in [0.29, 0.717) is 16.9 Å². The summed E-state index contributed by atoms with van der Waals surface area (Å²) in [5, 5.41) is 10.7. The lowest BCUT2D eigenvalue weighted by Gasteiger charge is -2.10. The van der Waals surface area contributed by atoms with E-state index in [1.165, 1.54) is 13.2 Å². The fourth-order valence-electron chi connectivity index (χ4n) is 3.16. The molecule has 180 valence electrons. The van der Waals surface area contributed by atoms with Gasteiger partial charge in [-0.25, -0.2) is 4.79 Å². The Hall–Kier alpha value is -4.66. The molecule has 4 amide bonds. The summed E-state index contributed by atoms with van der Waals surface area (Å²) < 4.78 is 4.49. The van der Waals surface area contributed by atoms with E-state index < -0.39 is 11.9 Å². The van der Waals surface area contributed by atoms with E-state index >= 15 is 0 Å². The summed E-state index contributed by atoms with van der Waals surface area (Å²) in [6, 6.07) is 20.4. The van der Waals surface area contributed by atoms with Crippen molar-refractivity contribution in [3.8, 4) is 0 Å². The van der Waals surface area contributed by atoms with Gasteiger partial charge in [0, 0.05) is 22.6 Å². The molecule has 3 rings (SSSR count). The second-order valence-corrected chi connectivity index (χ2v) is 7.66. The van der Waals surface area contributed by atoms with Crippen LogP contribution in [0, 0.1) is 6.92 Å². The highest BCUT2D eigenvalue weighted by atomic mass is 16.5. The molecule has 0 aliphatic rings. The number of amides is 4. The lowest BCUT2D eigenvalue weighted by atomic mass is 10.1. The molecular weight excluding hydrogens is 448 g/mol. The first-order valence-corrected chi connectivity index (χ1v) is 10.8. The molecule has 0 saturated carbocycles. The van der Waals surface area contributed by atoms with Crippen molar-refractivity contribution in [3.05, 3.63) is 89.5 Å². The van der Waals surface area contributed by atoms with Gasteiger partial charge in [-0.3, -0.25) is 14.4 Å². The number of urea groups is 1. The number of rotatable bonds is 8. The number of para-hydroxylation sites is 1. The van der Waals surface area contributed by atoms with Gasteiger partial charge in [0.05, 0.1) is 13.5 Å². The summed E-state index contributed by atoms with van der Waals surface area (Å²) in [6.07, 6.45) is 0.106. The van der Waals surface area contributed by atoms with Crippen molar-refractivity contribution in [1.82, 2.24) is 5.32 Å². The molecule has 0 aliphatic heterocycles. The first-order valence-electron chi connectivity index (χ1n) is 10.8. The van der Waals surface area contributed by atoms with E-state index in [-0.39, 0.29) is 24.9 Å². The standard InChI is InChI=1S/C26H26N4O5/c1-17-6-3-4-9-22(17)30-26(34)29-20-12-10-18(11-13-20)14-23(31)28-21-8-5-7-19(15-21)25(33)27-16-24(32)35-2/h3-13,15H,14,16H2,1-2H3,(H,27,33)(H,28,31)(H2,29,30,34). The molecule has 0 fully saturated rings. The highest BCUT2D eigenvalue weighted by molar-refractivity contribution is 6.00. The Morgan fingerprint density at radius 1 is 0.800 bits per heavy atom. The Kier molecular flexibility index (Phi) is 8.55. The third kappa shape index (κ3) is 7.71. The molecular formula is C26H26N4O5. The number of anilines is 3. The van der Waals surface area contributed by atoms with Crippen molar-refractivity contribution >= 4 is 40.9 Å². The molecule has 35 heavy (non-hydrogen) atoms. The summed E-state index contributed by atoms with van der Waals surface area (Å²) in [6.45, 7) is 1.66. The van der Waals surface area contributed by atoms with E-state index in [9.17, 15) is 19.2 Å². The maximum Gasteiger partial charge on any atom is 0.325 e. The van der Waals surface area contributed by atoms with Crippen LogP contribution in [0.25, 0.3) is 0 Å². The number of hydrogen-bond acceptors (Lipinski definition) is 5. The van der Waals surface area contributed by atoms with Crippen LogP contribution in [0.3, 0.4) is 0 Å². The number of aryl methyl sites for hydroxylation is 1. The van der Waals surface area contributed by atoms with Gasteiger partial charge in [-0.1, -0.05) is 36.4 Å². The molecule has 3 aromatic rings. The molecule has 0 saturated heterocycles. The Labute approximate surface area is 202 Å². The van der Waals surface area contributed by atoms with Gasteiger partial charge in [-0.15, -0.1) is 0 Å². The maximum absolute atomic E-state index is 12.5. The number of carbonyl (C=O) groups excluding carboxylic acids is 4. The Balaban J connectivity index is 1.51. The third-order valence-electron chi connectivity index (χ3n) is 5.00. The van der Waals surface area contributed by atoms with Gasteiger partial charge in [0.1, 0.15) is 6.54 Å². The largest absolute Gasteiger partial charge is 0.468 e. The molecule has 0 radical (unpaired) electrons. The molecule has 0 heterocycles. The minimum Gasteiger partial charge on any atom is -0.468 e. The minimum atomic E-state index is -0.559. The molecule has 0 aromatic heterocycles. The number of ether oxygens (including phenoxy) is 1. The number of methoxy groups -OCH3 is 1. The predicted molar refractivity (Wildman–Crippen MR) is 133 cm³/mol. The quantitative estimate of drug-likeness (QED) is 0.370. The van der Waals surface area contributed by atoms with Crippen molar-refractivity contribution in [2.24, 2.45) is 0 Å². The molecule has 0 unspecified atom stereocenters. The van der Waals surface area contributed by atoms with Crippen molar-refractivity contribution in [1.29, 1.82) is 0 Å². The molecule has 9 heteroatoms. The molecule has 0 bridgehead atoms. The summed E-state index contributed by atoms with van der Waals surface area (Å²) in [4.78, 5) is 48.0. The van der Waals surface area contributed by atoms with E-state index in [1.807, 2.05) is 31.2 Å². The fraction of sp³-hybridized carbons (Fsp3) is 0.154. The number of benzene rings is 3. The summed E-state index contributed by atoms with van der Waals surface area (Å²) in [7, 11) is 1.23. The van der Waals surface area contributed by atoms with Crippen LogP contribution in [0.5, 0.6) is 0 Å². The highest BCUT2D eigenvalue weighted by Gasteiger charge is 2.11. The first-order chi connectivity index (χ1) is 16.8. The van der Waals surface area contributed by atoms with Crippen LogP contribution in [0.15, 0.2) is 72.8 Å². The lowest BCUT2D eigenvalue weighted by Crippen LogP contribution is -2.30. The Morgan fingerprint density at radius 3 is 2.26 bits per heavy atom. The third-order valence-corrected chi connectivity index (χ3v) is 5.00. The summed E-state index contributed by atoms with van der Waals surface area (Å²) in [5.41, 5.74) is 3.77. The number of carbonyl (C=O) groups is 4. The van der Waals surface area contributed by atoms with Crippen LogP contribution >= 0.6 is 0 Å². The zero-order valence-electron chi connectivity index (χ0n) is 19.4. The topological polar surface area (TPSA) is 126 Å². The number of esters is 1. The van der Waals surface area contributed by atoms with Crippen LogP contribution in [-0.2, 0) is 20.7 Å². The Morgan fingerprint density at radius 2 is 1.54 bits per heavy atom. The first kappa shape index (κ1) is 25.0.